The molecule has 2 heterocycles. The quantitative estimate of drug-likeness (QED) is 0.171. The highest BCUT2D eigenvalue weighted by Gasteiger charge is 2.43. The molecule has 0 saturated heterocycles. The number of fused-ring (bicyclic) bond motifs is 3. The van der Waals surface area contributed by atoms with E-state index in [0.29, 0.717) is 35.8 Å². The van der Waals surface area contributed by atoms with Crippen molar-refractivity contribution in [2.45, 2.75) is 38.1 Å². The molecule has 2 amide bonds. The van der Waals surface area contributed by atoms with Crippen LogP contribution in [0.2, 0.25) is 25.7 Å². The molecule has 8 nitrogen and oxygen atoms in total. The van der Waals surface area contributed by atoms with Crippen molar-refractivity contribution in [3.63, 3.8) is 0 Å². The van der Waals surface area contributed by atoms with Crippen molar-refractivity contribution in [1.29, 1.82) is 0 Å². The zero-order valence-corrected chi connectivity index (χ0v) is 25.7. The molecule has 218 valence electrons. The lowest BCUT2D eigenvalue weighted by atomic mass is 9.98. The van der Waals surface area contributed by atoms with Gasteiger partial charge in [0.25, 0.3) is 11.8 Å². The second-order valence-corrected chi connectivity index (χ2v) is 17.3. The third-order valence-corrected chi connectivity index (χ3v) is 9.28. The molecule has 5 rings (SSSR count). The maximum absolute atomic E-state index is 14.2. The molecule has 3 aromatic carbocycles. The second kappa shape index (κ2) is 11.9. The number of rotatable bonds is 10. The SMILES string of the molecule is C#CCOc1cc2c(cc1OC)N(COCC[Si](C)(C)C)C(=O)[C@@H]1CC(c3ccc4cc(OC)ccc4c3)=CN1C2=O. The van der Waals surface area contributed by atoms with E-state index in [4.69, 9.17) is 25.4 Å². The summed E-state index contributed by atoms with van der Waals surface area (Å²) in [6.07, 6.45) is 7.59. The lowest BCUT2D eigenvalue weighted by Gasteiger charge is -2.26. The van der Waals surface area contributed by atoms with Gasteiger partial charge in [0, 0.05) is 33.4 Å². The number of carbonyl (C=O) groups excluding carboxylic acids is 2. The first-order valence-electron chi connectivity index (χ1n) is 13.9. The molecule has 3 aromatic rings. The van der Waals surface area contributed by atoms with Gasteiger partial charge in [0.15, 0.2) is 11.5 Å². The zero-order valence-electron chi connectivity index (χ0n) is 24.7. The summed E-state index contributed by atoms with van der Waals surface area (Å²) in [5.41, 5.74) is 2.59. The molecule has 0 aromatic heterocycles. The van der Waals surface area contributed by atoms with E-state index in [0.717, 1.165) is 33.7 Å². The number of benzene rings is 3. The van der Waals surface area contributed by atoms with Crippen molar-refractivity contribution in [1.82, 2.24) is 4.90 Å². The molecular weight excluding hydrogens is 548 g/mol. The number of terminal acetylenes is 1. The van der Waals surface area contributed by atoms with Crippen LogP contribution < -0.4 is 19.1 Å². The van der Waals surface area contributed by atoms with Crippen LogP contribution in [0, 0.1) is 12.3 Å². The molecular formula is C33H36N2O6Si. The summed E-state index contributed by atoms with van der Waals surface area (Å²) < 4.78 is 22.7. The maximum Gasteiger partial charge on any atom is 0.260 e. The molecule has 0 bridgehead atoms. The van der Waals surface area contributed by atoms with Crippen LogP contribution in [0.4, 0.5) is 5.69 Å². The van der Waals surface area contributed by atoms with Crippen molar-refractivity contribution in [3.8, 4) is 29.6 Å². The van der Waals surface area contributed by atoms with Gasteiger partial charge in [-0.2, -0.15) is 0 Å². The minimum absolute atomic E-state index is 0.00993. The van der Waals surface area contributed by atoms with E-state index in [-0.39, 0.29) is 25.2 Å². The third kappa shape index (κ3) is 5.87. The normalized spacial score (nSPS) is 16.5. The molecule has 0 N–H and O–H groups in total. The topological polar surface area (TPSA) is 77.5 Å². The first-order chi connectivity index (χ1) is 20.1. The fraction of sp³-hybridized carbons (Fsp3) is 0.333. The smallest absolute Gasteiger partial charge is 0.260 e. The molecule has 0 spiro atoms. The van der Waals surface area contributed by atoms with E-state index in [1.165, 1.54) is 12.0 Å². The number of ether oxygens (including phenoxy) is 4. The van der Waals surface area contributed by atoms with Crippen LogP contribution in [0.25, 0.3) is 16.3 Å². The van der Waals surface area contributed by atoms with Gasteiger partial charge < -0.3 is 23.8 Å². The van der Waals surface area contributed by atoms with Crippen LogP contribution >= 0.6 is 0 Å². The molecule has 0 unspecified atom stereocenters. The molecule has 0 aliphatic carbocycles. The number of hydrogen-bond donors (Lipinski definition) is 0. The van der Waals surface area contributed by atoms with Crippen LogP contribution in [-0.2, 0) is 9.53 Å². The van der Waals surface area contributed by atoms with Gasteiger partial charge in [0.05, 0.1) is 25.5 Å². The van der Waals surface area contributed by atoms with E-state index >= 15 is 0 Å². The van der Waals surface area contributed by atoms with Gasteiger partial charge >= 0.3 is 0 Å². The maximum atomic E-state index is 14.2. The molecule has 2 aliphatic heterocycles. The number of methoxy groups -OCH3 is 2. The Morgan fingerprint density at radius 3 is 2.45 bits per heavy atom. The van der Waals surface area contributed by atoms with E-state index in [9.17, 15) is 9.59 Å². The minimum atomic E-state index is -1.34. The Kier molecular flexibility index (Phi) is 8.30. The van der Waals surface area contributed by atoms with Gasteiger partial charge in [-0.25, -0.2) is 0 Å². The predicted octanol–water partition coefficient (Wildman–Crippen LogP) is 5.78. The van der Waals surface area contributed by atoms with Crippen molar-refractivity contribution in [2.24, 2.45) is 0 Å². The summed E-state index contributed by atoms with van der Waals surface area (Å²) in [5, 5.41) is 2.08. The van der Waals surface area contributed by atoms with E-state index < -0.39 is 14.1 Å². The van der Waals surface area contributed by atoms with Crippen molar-refractivity contribution in [2.75, 3.05) is 39.1 Å². The Balaban J connectivity index is 1.53. The zero-order chi connectivity index (χ0) is 30.0. The van der Waals surface area contributed by atoms with E-state index in [2.05, 4.69) is 31.6 Å². The van der Waals surface area contributed by atoms with Gasteiger partial charge in [-0.1, -0.05) is 43.8 Å². The van der Waals surface area contributed by atoms with Crippen LogP contribution in [-0.4, -0.2) is 65.0 Å². The average Bonchev–Trinajstić information content (AvgIpc) is 3.41. The Labute approximate surface area is 247 Å². The Hall–Kier alpha value is -4.26. The fourth-order valence-corrected chi connectivity index (χ4v) is 5.96. The van der Waals surface area contributed by atoms with E-state index in [1.54, 1.807) is 30.3 Å². The Morgan fingerprint density at radius 2 is 1.74 bits per heavy atom. The largest absolute Gasteiger partial charge is 0.497 e. The van der Waals surface area contributed by atoms with Gasteiger partial charge in [0.1, 0.15) is 25.1 Å². The minimum Gasteiger partial charge on any atom is -0.497 e. The predicted molar refractivity (Wildman–Crippen MR) is 167 cm³/mol. The van der Waals surface area contributed by atoms with Crippen molar-refractivity contribution >= 4 is 41.9 Å². The first-order valence-corrected chi connectivity index (χ1v) is 17.6. The van der Waals surface area contributed by atoms with Gasteiger partial charge in [-0.15, -0.1) is 6.42 Å². The molecule has 9 heteroatoms. The van der Waals surface area contributed by atoms with Crippen LogP contribution in [0.15, 0.2) is 54.7 Å². The summed E-state index contributed by atoms with van der Waals surface area (Å²) >= 11 is 0. The monoisotopic (exact) mass is 584 g/mol. The van der Waals surface area contributed by atoms with Crippen molar-refractivity contribution in [3.05, 3.63) is 65.9 Å². The molecule has 0 radical (unpaired) electrons. The molecule has 42 heavy (non-hydrogen) atoms. The Bertz CT molecular complexity index is 1600. The molecule has 2 aliphatic rings. The summed E-state index contributed by atoms with van der Waals surface area (Å²) in [4.78, 5) is 31.3. The Morgan fingerprint density at radius 1 is 0.976 bits per heavy atom. The van der Waals surface area contributed by atoms with Crippen molar-refractivity contribution < 1.29 is 28.5 Å². The van der Waals surface area contributed by atoms with Gasteiger partial charge in [-0.3, -0.25) is 14.5 Å². The summed E-state index contributed by atoms with van der Waals surface area (Å²) in [6.45, 7) is 7.39. The first kappa shape index (κ1) is 29.2. The second-order valence-electron chi connectivity index (χ2n) is 11.6. The van der Waals surface area contributed by atoms with E-state index in [1.807, 2.05) is 30.3 Å². The van der Waals surface area contributed by atoms with Gasteiger partial charge in [-0.05, 0) is 52.2 Å². The highest BCUT2D eigenvalue weighted by molar-refractivity contribution is 6.76. The lowest BCUT2D eigenvalue weighted by molar-refractivity contribution is -0.122. The highest BCUT2D eigenvalue weighted by Crippen LogP contribution is 2.42. The summed E-state index contributed by atoms with van der Waals surface area (Å²) in [5.74, 6) is 3.42. The fourth-order valence-electron chi connectivity index (χ4n) is 5.21. The standard InChI is InChI=1S/C33H36N2O6Si/c1-7-12-41-31-18-27-28(19-30(31)39-3)35(21-40-13-14-42(4,5)6)33(37)29-17-25(20-34(29)32(27)36)23-8-9-24-16-26(38-2)11-10-22(24)15-23/h1,8-11,15-16,18-20,29H,12-14,17,21H2,2-6H3/t29-/m0/s1. The number of anilines is 1. The van der Waals surface area contributed by atoms with Gasteiger partial charge in [0.2, 0.25) is 0 Å². The molecule has 1 atom stereocenters. The van der Waals surface area contributed by atoms with Crippen LogP contribution in [0.3, 0.4) is 0 Å². The number of carbonyl (C=O) groups is 2. The number of nitrogens with zero attached hydrogens (tertiary/aromatic N) is 2. The molecule has 0 saturated carbocycles. The number of amides is 2. The highest BCUT2D eigenvalue weighted by atomic mass is 28.3. The summed E-state index contributed by atoms with van der Waals surface area (Å²) in [7, 11) is 1.81. The number of hydrogen-bond acceptors (Lipinski definition) is 6. The third-order valence-electron chi connectivity index (χ3n) is 7.58. The summed E-state index contributed by atoms with van der Waals surface area (Å²) in [6, 6.07) is 15.5. The molecule has 0 fully saturated rings. The average molecular weight is 585 g/mol. The lowest BCUT2D eigenvalue weighted by Crippen LogP contribution is -2.45. The van der Waals surface area contributed by atoms with Crippen LogP contribution in [0.5, 0.6) is 17.2 Å². The van der Waals surface area contributed by atoms with Crippen LogP contribution in [0.1, 0.15) is 22.3 Å².